The van der Waals surface area contributed by atoms with Crippen molar-refractivity contribution in [2.75, 3.05) is 13.7 Å². The van der Waals surface area contributed by atoms with Crippen LogP contribution in [-0.2, 0) is 14.3 Å². The lowest BCUT2D eigenvalue weighted by atomic mass is 9.78. The minimum absolute atomic E-state index is 0.102. The zero-order valence-corrected chi connectivity index (χ0v) is 16.0. The highest BCUT2D eigenvalue weighted by molar-refractivity contribution is 5.98. The average molecular weight is 370 g/mol. The van der Waals surface area contributed by atoms with Crippen molar-refractivity contribution in [3.63, 3.8) is 0 Å². The van der Waals surface area contributed by atoms with E-state index in [1.165, 1.54) is 12.5 Å². The summed E-state index contributed by atoms with van der Waals surface area (Å²) in [5.74, 6) is 0.480. The van der Waals surface area contributed by atoms with Crippen molar-refractivity contribution in [3.05, 3.63) is 35.4 Å². The number of nitrogens with one attached hydrogen (secondary N) is 1. The van der Waals surface area contributed by atoms with Crippen molar-refractivity contribution < 1.29 is 19.1 Å². The summed E-state index contributed by atoms with van der Waals surface area (Å²) in [6.45, 7) is 3.93. The minimum Gasteiger partial charge on any atom is -0.497 e. The molecule has 3 atom stereocenters. The van der Waals surface area contributed by atoms with Crippen molar-refractivity contribution in [1.82, 2.24) is 5.32 Å². The molecule has 0 radical (unpaired) electrons. The summed E-state index contributed by atoms with van der Waals surface area (Å²) in [5.41, 5.74) is 0.506. The number of amides is 1. The Kier molecular flexibility index (Phi) is 7.42. The van der Waals surface area contributed by atoms with E-state index in [1.54, 1.807) is 31.4 Å². The van der Waals surface area contributed by atoms with Crippen LogP contribution in [0.4, 0.5) is 0 Å². The molecule has 0 unspecified atom stereocenters. The van der Waals surface area contributed by atoms with Gasteiger partial charge in [0, 0.05) is 6.04 Å². The molecule has 1 aromatic carbocycles. The molecule has 0 spiro atoms. The largest absolute Gasteiger partial charge is 0.497 e. The second kappa shape index (κ2) is 9.77. The molecule has 0 heterocycles. The third kappa shape index (κ3) is 5.85. The van der Waals surface area contributed by atoms with Gasteiger partial charge in [-0.15, -0.1) is 0 Å². The van der Waals surface area contributed by atoms with E-state index in [9.17, 15) is 14.9 Å². The molecular weight excluding hydrogens is 344 g/mol. The Bertz CT molecular complexity index is 734. The first-order chi connectivity index (χ1) is 12.9. The lowest BCUT2D eigenvalue weighted by molar-refractivity contribution is -0.144. The highest BCUT2D eigenvalue weighted by Crippen LogP contribution is 2.29. The van der Waals surface area contributed by atoms with Crippen LogP contribution in [0.25, 0.3) is 6.08 Å². The van der Waals surface area contributed by atoms with Gasteiger partial charge in [0.1, 0.15) is 17.4 Å². The van der Waals surface area contributed by atoms with Gasteiger partial charge in [-0.2, -0.15) is 5.26 Å². The van der Waals surface area contributed by atoms with Gasteiger partial charge in [0.2, 0.25) is 0 Å². The van der Waals surface area contributed by atoms with Crippen LogP contribution in [0.1, 0.15) is 38.7 Å². The molecule has 144 valence electrons. The molecule has 0 aromatic heterocycles. The maximum atomic E-state index is 12.1. The van der Waals surface area contributed by atoms with E-state index in [2.05, 4.69) is 19.2 Å². The van der Waals surface area contributed by atoms with Gasteiger partial charge in [0.15, 0.2) is 6.61 Å². The highest BCUT2D eigenvalue weighted by atomic mass is 16.5. The summed E-state index contributed by atoms with van der Waals surface area (Å²) in [4.78, 5) is 24.2. The van der Waals surface area contributed by atoms with E-state index in [-0.39, 0.29) is 17.5 Å². The van der Waals surface area contributed by atoms with Crippen molar-refractivity contribution in [3.8, 4) is 11.8 Å². The third-order valence-electron chi connectivity index (χ3n) is 5.15. The quantitative estimate of drug-likeness (QED) is 0.472. The van der Waals surface area contributed by atoms with Gasteiger partial charge in [0.25, 0.3) is 5.91 Å². The summed E-state index contributed by atoms with van der Waals surface area (Å²) in [5, 5.41) is 12.1. The molecule has 0 aliphatic heterocycles. The normalized spacial score (nSPS) is 22.4. The fourth-order valence-electron chi connectivity index (χ4n) is 3.25. The number of rotatable bonds is 6. The number of carbonyl (C=O) groups is 2. The van der Waals surface area contributed by atoms with Crippen molar-refractivity contribution in [1.29, 1.82) is 5.26 Å². The van der Waals surface area contributed by atoms with Crippen molar-refractivity contribution in [2.24, 2.45) is 11.8 Å². The third-order valence-corrected chi connectivity index (χ3v) is 5.15. The summed E-state index contributed by atoms with van der Waals surface area (Å²) >= 11 is 0. The minimum atomic E-state index is -0.812. The van der Waals surface area contributed by atoms with Gasteiger partial charge < -0.3 is 14.8 Å². The maximum Gasteiger partial charge on any atom is 0.349 e. The van der Waals surface area contributed by atoms with Crippen molar-refractivity contribution >= 4 is 18.0 Å². The summed E-state index contributed by atoms with van der Waals surface area (Å²) in [6, 6.07) is 8.83. The molecule has 1 fully saturated rings. The van der Waals surface area contributed by atoms with E-state index in [0.717, 1.165) is 12.8 Å². The number of hydrogen-bond donors (Lipinski definition) is 1. The fraction of sp³-hybridized carbons (Fsp3) is 0.476. The van der Waals surface area contributed by atoms with Crippen LogP contribution in [0.15, 0.2) is 29.8 Å². The number of carbonyl (C=O) groups excluding carboxylic acids is 2. The van der Waals surface area contributed by atoms with Crippen molar-refractivity contribution in [2.45, 2.75) is 39.2 Å². The van der Waals surface area contributed by atoms with E-state index in [1.807, 2.05) is 6.07 Å². The Hall–Kier alpha value is -2.81. The Labute approximate surface area is 160 Å². The SMILES string of the molecule is COc1ccc(/C=C(\C#N)C(=O)OCC(=O)N[C@H]2CCC[C@H](C)[C@@H]2C)cc1. The molecule has 0 bridgehead atoms. The molecule has 1 amide bonds. The zero-order chi connectivity index (χ0) is 19.8. The first-order valence-corrected chi connectivity index (χ1v) is 9.17. The molecule has 2 rings (SSSR count). The lowest BCUT2D eigenvalue weighted by Gasteiger charge is -2.34. The number of ether oxygens (including phenoxy) is 2. The number of nitriles is 1. The first-order valence-electron chi connectivity index (χ1n) is 9.17. The number of hydrogen-bond acceptors (Lipinski definition) is 5. The van der Waals surface area contributed by atoms with Crippen LogP contribution in [-0.4, -0.2) is 31.6 Å². The molecule has 1 aliphatic rings. The summed E-state index contributed by atoms with van der Waals surface area (Å²) in [6.07, 6.45) is 4.61. The van der Waals surface area contributed by atoms with Crippen LogP contribution in [0.3, 0.4) is 0 Å². The molecule has 0 saturated heterocycles. The zero-order valence-electron chi connectivity index (χ0n) is 16.0. The number of benzene rings is 1. The molecule has 27 heavy (non-hydrogen) atoms. The Morgan fingerprint density at radius 3 is 2.59 bits per heavy atom. The van der Waals surface area contributed by atoms with Gasteiger partial charge in [-0.3, -0.25) is 4.79 Å². The lowest BCUT2D eigenvalue weighted by Crippen LogP contribution is -2.45. The van der Waals surface area contributed by atoms with Crippen LogP contribution in [0.5, 0.6) is 5.75 Å². The second-order valence-corrected chi connectivity index (χ2v) is 6.96. The van der Waals surface area contributed by atoms with Gasteiger partial charge in [0.05, 0.1) is 7.11 Å². The van der Waals surface area contributed by atoms with E-state index in [0.29, 0.717) is 23.1 Å². The predicted octanol–water partition coefficient (Wildman–Crippen LogP) is 3.09. The molecule has 1 aromatic rings. The topological polar surface area (TPSA) is 88.4 Å². The van der Waals surface area contributed by atoms with Crippen LogP contribution < -0.4 is 10.1 Å². The first kappa shape index (κ1) is 20.5. The maximum absolute atomic E-state index is 12.1. The molecule has 6 nitrogen and oxygen atoms in total. The van der Waals surface area contributed by atoms with Gasteiger partial charge in [-0.25, -0.2) is 4.79 Å². The summed E-state index contributed by atoms with van der Waals surface area (Å²) < 4.78 is 10.1. The van der Waals surface area contributed by atoms with Crippen LogP contribution in [0.2, 0.25) is 0 Å². The molecule has 1 N–H and O–H groups in total. The Morgan fingerprint density at radius 1 is 1.26 bits per heavy atom. The van der Waals surface area contributed by atoms with Gasteiger partial charge in [-0.1, -0.05) is 38.8 Å². The van der Waals surface area contributed by atoms with E-state index < -0.39 is 12.6 Å². The van der Waals surface area contributed by atoms with Crippen LogP contribution >= 0.6 is 0 Å². The molecule has 1 saturated carbocycles. The number of nitrogens with zero attached hydrogens (tertiary/aromatic N) is 1. The summed E-state index contributed by atoms with van der Waals surface area (Å²) in [7, 11) is 1.56. The Balaban J connectivity index is 1.89. The van der Waals surface area contributed by atoms with Crippen LogP contribution in [0, 0.1) is 23.2 Å². The van der Waals surface area contributed by atoms with Gasteiger partial charge in [-0.05, 0) is 42.0 Å². The second-order valence-electron chi connectivity index (χ2n) is 6.96. The number of methoxy groups -OCH3 is 1. The Morgan fingerprint density at radius 2 is 1.96 bits per heavy atom. The number of esters is 1. The van der Waals surface area contributed by atoms with Gasteiger partial charge >= 0.3 is 5.97 Å². The molecule has 1 aliphatic carbocycles. The monoisotopic (exact) mass is 370 g/mol. The smallest absolute Gasteiger partial charge is 0.349 e. The fourth-order valence-corrected chi connectivity index (χ4v) is 3.25. The standard InChI is InChI=1S/C21H26N2O4/c1-14-5-4-6-19(15(14)2)23-20(24)13-27-21(25)17(12-22)11-16-7-9-18(26-3)10-8-16/h7-11,14-15,19H,4-6,13H2,1-3H3,(H,23,24)/b17-11+/t14-,15-,19-/m0/s1. The highest BCUT2D eigenvalue weighted by Gasteiger charge is 2.28. The molecular formula is C21H26N2O4. The predicted molar refractivity (Wildman–Crippen MR) is 102 cm³/mol. The molecule has 6 heteroatoms. The average Bonchev–Trinajstić information content (AvgIpc) is 2.68. The van der Waals surface area contributed by atoms with E-state index in [4.69, 9.17) is 9.47 Å². The van der Waals surface area contributed by atoms with E-state index >= 15 is 0 Å².